The monoisotopic (exact) mass is 439 g/mol. The molecular formula is C23H19ClFN3O3. The van der Waals surface area contributed by atoms with Gasteiger partial charge in [0.15, 0.2) is 0 Å². The van der Waals surface area contributed by atoms with Gasteiger partial charge in [0.05, 0.1) is 12.2 Å². The molecule has 0 aliphatic carbocycles. The van der Waals surface area contributed by atoms with Crippen molar-refractivity contribution in [1.29, 1.82) is 0 Å². The van der Waals surface area contributed by atoms with E-state index in [9.17, 15) is 18.8 Å². The van der Waals surface area contributed by atoms with E-state index in [0.717, 1.165) is 16.5 Å². The van der Waals surface area contributed by atoms with E-state index < -0.39 is 17.3 Å². The van der Waals surface area contributed by atoms with E-state index in [0.29, 0.717) is 23.5 Å². The molecule has 0 bridgehead atoms. The van der Waals surface area contributed by atoms with E-state index in [1.165, 1.54) is 21.9 Å². The van der Waals surface area contributed by atoms with Gasteiger partial charge >= 0.3 is 0 Å². The number of carbonyl (C=O) groups excluding carboxylic acids is 3. The van der Waals surface area contributed by atoms with E-state index in [1.807, 2.05) is 0 Å². The lowest BCUT2D eigenvalue weighted by atomic mass is 9.90. The first kappa shape index (κ1) is 20.9. The molecule has 2 fully saturated rings. The van der Waals surface area contributed by atoms with Gasteiger partial charge in [0, 0.05) is 23.7 Å². The summed E-state index contributed by atoms with van der Waals surface area (Å²) >= 11 is 5.95. The number of hydrogen-bond acceptors (Lipinski definition) is 3. The van der Waals surface area contributed by atoms with Crippen molar-refractivity contribution in [2.24, 2.45) is 0 Å². The SMILES string of the molecule is C#Cc1ccc(N2CC(=O)N(Cc3ccc(Cl)cc3)[C@@]3(CCN(C=O)C3)C2=O)c(F)c1. The topological polar surface area (TPSA) is 60.9 Å². The van der Waals surface area contributed by atoms with Crippen LogP contribution in [0.15, 0.2) is 42.5 Å². The maximum absolute atomic E-state index is 14.7. The maximum Gasteiger partial charge on any atom is 0.255 e. The lowest BCUT2D eigenvalue weighted by molar-refractivity contribution is -0.151. The second-order valence-electron chi connectivity index (χ2n) is 7.67. The van der Waals surface area contributed by atoms with Crippen molar-refractivity contribution < 1.29 is 18.8 Å². The Balaban J connectivity index is 1.73. The molecule has 2 aromatic carbocycles. The van der Waals surface area contributed by atoms with Crippen LogP contribution in [0, 0.1) is 18.2 Å². The van der Waals surface area contributed by atoms with Crippen molar-refractivity contribution in [1.82, 2.24) is 9.80 Å². The molecule has 0 radical (unpaired) electrons. The number of terminal acetylenes is 1. The van der Waals surface area contributed by atoms with Crippen LogP contribution >= 0.6 is 11.6 Å². The molecule has 0 N–H and O–H groups in total. The normalized spacial score (nSPS) is 21.0. The molecule has 3 amide bonds. The number of amides is 3. The van der Waals surface area contributed by atoms with Crippen LogP contribution in [0.25, 0.3) is 0 Å². The summed E-state index contributed by atoms with van der Waals surface area (Å²) in [6.45, 7) is 0.254. The van der Waals surface area contributed by atoms with Crippen molar-refractivity contribution in [3.8, 4) is 12.3 Å². The van der Waals surface area contributed by atoms with Crippen molar-refractivity contribution >= 4 is 35.5 Å². The number of carbonyl (C=O) groups is 3. The Kier molecular flexibility index (Phi) is 5.42. The number of hydrogen-bond donors (Lipinski definition) is 0. The van der Waals surface area contributed by atoms with Crippen LogP contribution in [0.1, 0.15) is 17.5 Å². The van der Waals surface area contributed by atoms with Crippen molar-refractivity contribution in [3.05, 3.63) is 64.4 Å². The van der Waals surface area contributed by atoms with Gasteiger partial charge in [0.2, 0.25) is 12.3 Å². The summed E-state index contributed by atoms with van der Waals surface area (Å²) in [5.41, 5.74) is -0.142. The molecule has 2 aliphatic heterocycles. The van der Waals surface area contributed by atoms with Gasteiger partial charge < -0.3 is 9.80 Å². The summed E-state index contributed by atoms with van der Waals surface area (Å²) in [5, 5.41) is 0.560. The highest BCUT2D eigenvalue weighted by atomic mass is 35.5. The number of piperazine rings is 1. The van der Waals surface area contributed by atoms with Gasteiger partial charge in [-0.05, 0) is 42.3 Å². The van der Waals surface area contributed by atoms with Crippen molar-refractivity contribution in [3.63, 3.8) is 0 Å². The molecule has 8 heteroatoms. The summed E-state index contributed by atoms with van der Waals surface area (Å²) in [6.07, 6.45) is 6.25. The van der Waals surface area contributed by atoms with Gasteiger partial charge in [-0.2, -0.15) is 0 Å². The fraction of sp³-hybridized carbons (Fsp3) is 0.261. The highest BCUT2D eigenvalue weighted by Gasteiger charge is 2.56. The van der Waals surface area contributed by atoms with E-state index >= 15 is 0 Å². The standard InChI is InChI=1S/C23H19ClFN3O3/c1-2-16-5-8-20(19(25)11-16)27-13-21(30)28(12-17-3-6-18(24)7-4-17)23(22(27)31)9-10-26(14-23)15-29/h1,3-8,11,15H,9-10,12-14H2/t23-/m1/s1. The highest BCUT2D eigenvalue weighted by Crippen LogP contribution is 2.37. The molecule has 2 heterocycles. The summed E-state index contributed by atoms with van der Waals surface area (Å²) in [6, 6.07) is 11.1. The first-order valence-corrected chi connectivity index (χ1v) is 10.1. The number of nitrogens with zero attached hydrogens (tertiary/aromatic N) is 3. The molecule has 158 valence electrons. The number of benzene rings is 2. The van der Waals surface area contributed by atoms with Gasteiger partial charge in [-0.3, -0.25) is 19.3 Å². The third-order valence-electron chi connectivity index (χ3n) is 5.84. The smallest absolute Gasteiger partial charge is 0.255 e. The van der Waals surface area contributed by atoms with E-state index in [-0.39, 0.29) is 37.6 Å². The van der Waals surface area contributed by atoms with E-state index in [2.05, 4.69) is 5.92 Å². The van der Waals surface area contributed by atoms with Gasteiger partial charge in [0.1, 0.15) is 17.9 Å². The van der Waals surface area contributed by atoms with Crippen LogP contribution in [0.3, 0.4) is 0 Å². The Bertz CT molecular complexity index is 1100. The lowest BCUT2D eigenvalue weighted by Gasteiger charge is -2.47. The molecule has 0 aromatic heterocycles. The van der Waals surface area contributed by atoms with Crippen LogP contribution in [0.5, 0.6) is 0 Å². The average molecular weight is 440 g/mol. The zero-order chi connectivity index (χ0) is 22.2. The molecule has 0 unspecified atom stereocenters. The fourth-order valence-electron chi connectivity index (χ4n) is 4.23. The third kappa shape index (κ3) is 3.64. The Labute approximate surface area is 184 Å². The second-order valence-corrected chi connectivity index (χ2v) is 8.10. The quantitative estimate of drug-likeness (QED) is 0.543. The van der Waals surface area contributed by atoms with Crippen LogP contribution in [0.4, 0.5) is 10.1 Å². The molecular weight excluding hydrogens is 421 g/mol. The molecule has 6 nitrogen and oxygen atoms in total. The maximum atomic E-state index is 14.7. The number of anilines is 1. The summed E-state index contributed by atoms with van der Waals surface area (Å²) in [5.74, 6) is 0.917. The number of rotatable bonds is 4. The lowest BCUT2D eigenvalue weighted by Crippen LogP contribution is -2.69. The molecule has 2 saturated heterocycles. The van der Waals surface area contributed by atoms with Crippen molar-refractivity contribution in [2.75, 3.05) is 24.5 Å². The molecule has 4 rings (SSSR count). The van der Waals surface area contributed by atoms with Crippen LogP contribution in [-0.4, -0.2) is 53.2 Å². The molecule has 2 aromatic rings. The first-order chi connectivity index (χ1) is 14.9. The molecule has 2 aliphatic rings. The van der Waals surface area contributed by atoms with Gasteiger partial charge in [0.25, 0.3) is 5.91 Å². The first-order valence-electron chi connectivity index (χ1n) is 9.70. The minimum absolute atomic E-state index is 0.00702. The minimum Gasteiger partial charge on any atom is -0.342 e. The Hall–Kier alpha value is -3.37. The second kappa shape index (κ2) is 8.05. The van der Waals surface area contributed by atoms with E-state index in [4.69, 9.17) is 18.0 Å². The molecule has 1 spiro atoms. The third-order valence-corrected chi connectivity index (χ3v) is 6.09. The molecule has 0 saturated carbocycles. The Morgan fingerprint density at radius 1 is 1.19 bits per heavy atom. The van der Waals surface area contributed by atoms with Gasteiger partial charge in [-0.15, -0.1) is 6.42 Å². The summed E-state index contributed by atoms with van der Waals surface area (Å²) in [4.78, 5) is 42.4. The van der Waals surface area contributed by atoms with Crippen LogP contribution in [0.2, 0.25) is 5.02 Å². The molecule has 31 heavy (non-hydrogen) atoms. The average Bonchev–Trinajstić information content (AvgIpc) is 3.21. The van der Waals surface area contributed by atoms with Gasteiger partial charge in [-0.1, -0.05) is 29.7 Å². The Morgan fingerprint density at radius 3 is 2.55 bits per heavy atom. The number of halogens is 2. The van der Waals surface area contributed by atoms with Gasteiger partial charge in [-0.25, -0.2) is 4.39 Å². The highest BCUT2D eigenvalue weighted by molar-refractivity contribution is 6.30. The van der Waals surface area contributed by atoms with E-state index in [1.54, 1.807) is 24.3 Å². The summed E-state index contributed by atoms with van der Waals surface area (Å²) < 4.78 is 14.7. The minimum atomic E-state index is -1.27. The number of likely N-dealkylation sites (tertiary alicyclic amines) is 1. The zero-order valence-corrected chi connectivity index (χ0v) is 17.3. The predicted octanol–water partition coefficient (Wildman–Crippen LogP) is 2.44. The van der Waals surface area contributed by atoms with Crippen molar-refractivity contribution in [2.45, 2.75) is 18.5 Å². The molecule has 1 atom stereocenters. The zero-order valence-electron chi connectivity index (χ0n) is 16.6. The summed E-state index contributed by atoms with van der Waals surface area (Å²) in [7, 11) is 0. The van der Waals surface area contributed by atoms with Crippen LogP contribution in [-0.2, 0) is 20.9 Å². The predicted molar refractivity (Wildman–Crippen MR) is 114 cm³/mol. The fourth-order valence-corrected chi connectivity index (χ4v) is 4.35. The Morgan fingerprint density at radius 2 is 1.94 bits per heavy atom. The largest absolute Gasteiger partial charge is 0.342 e. The van der Waals surface area contributed by atoms with Crippen LogP contribution < -0.4 is 4.90 Å².